The molecule has 0 spiro atoms. The van der Waals surface area contributed by atoms with E-state index in [9.17, 15) is 9.90 Å². The lowest BCUT2D eigenvalue weighted by molar-refractivity contribution is 0.0760. The number of nitrogens with zero attached hydrogens (tertiary/aromatic N) is 2. The van der Waals surface area contributed by atoms with Crippen LogP contribution in [0.4, 0.5) is 0 Å². The lowest BCUT2D eigenvalue weighted by Gasteiger charge is -2.13. The van der Waals surface area contributed by atoms with Crippen molar-refractivity contribution < 1.29 is 14.3 Å². The zero-order valence-electron chi connectivity index (χ0n) is 9.57. The Morgan fingerprint density at radius 3 is 3.17 bits per heavy atom. The highest BCUT2D eigenvalue weighted by atomic mass is 32.1. The van der Waals surface area contributed by atoms with Crippen LogP contribution in [0.5, 0.6) is 0 Å². The van der Waals surface area contributed by atoms with Crippen LogP contribution in [0.25, 0.3) is 10.8 Å². The predicted octanol–water partition coefficient (Wildman–Crippen LogP) is 1.61. The Morgan fingerprint density at radius 2 is 2.50 bits per heavy atom. The lowest BCUT2D eigenvalue weighted by atomic mass is 10.3. The van der Waals surface area contributed by atoms with Crippen molar-refractivity contribution >= 4 is 17.2 Å². The summed E-state index contributed by atoms with van der Waals surface area (Å²) in [5.41, 5.74) is 0.417. The van der Waals surface area contributed by atoms with Gasteiger partial charge in [0.1, 0.15) is 5.69 Å². The zero-order valence-corrected chi connectivity index (χ0v) is 10.4. The summed E-state index contributed by atoms with van der Waals surface area (Å²) in [7, 11) is 0. The summed E-state index contributed by atoms with van der Waals surface area (Å²) in [5, 5.41) is 11.8. The van der Waals surface area contributed by atoms with Gasteiger partial charge in [-0.3, -0.25) is 4.79 Å². The topological polar surface area (TPSA) is 66.6 Å². The van der Waals surface area contributed by atoms with Crippen LogP contribution in [-0.2, 0) is 0 Å². The molecule has 1 N–H and O–H groups in total. The maximum atomic E-state index is 12.1. The van der Waals surface area contributed by atoms with E-state index in [4.69, 9.17) is 4.42 Å². The van der Waals surface area contributed by atoms with Crippen LogP contribution in [0.15, 0.2) is 28.2 Å². The van der Waals surface area contributed by atoms with Gasteiger partial charge in [-0.2, -0.15) is 0 Å². The van der Waals surface area contributed by atoms with Crippen molar-refractivity contribution in [3.8, 4) is 10.8 Å². The molecule has 6 heteroatoms. The first-order valence-electron chi connectivity index (χ1n) is 5.71. The third-order valence-corrected chi connectivity index (χ3v) is 3.76. The standard InChI is InChI=1S/C12H12N2O3S/c15-8-3-4-14(6-8)12(16)9-7-18-11(13-9)10-2-1-5-17-10/h1-2,5,7-8,15H,3-4,6H2. The van der Waals surface area contributed by atoms with Crippen LogP contribution in [0.1, 0.15) is 16.9 Å². The number of carbonyl (C=O) groups is 1. The molecular formula is C12H12N2O3S. The van der Waals surface area contributed by atoms with E-state index in [1.54, 1.807) is 22.6 Å². The fraction of sp³-hybridized carbons (Fsp3) is 0.333. The van der Waals surface area contributed by atoms with E-state index in [1.165, 1.54) is 11.3 Å². The number of thiazole rings is 1. The number of amides is 1. The van der Waals surface area contributed by atoms with Crippen molar-refractivity contribution in [1.82, 2.24) is 9.88 Å². The molecule has 2 aromatic rings. The molecular weight excluding hydrogens is 252 g/mol. The molecule has 3 heterocycles. The van der Waals surface area contributed by atoms with Gasteiger partial charge in [0, 0.05) is 18.5 Å². The van der Waals surface area contributed by atoms with Crippen molar-refractivity contribution in [3.05, 3.63) is 29.5 Å². The minimum atomic E-state index is -0.405. The van der Waals surface area contributed by atoms with Gasteiger partial charge < -0.3 is 14.4 Å². The number of aromatic nitrogens is 1. The Kier molecular flexibility index (Phi) is 2.89. The lowest BCUT2D eigenvalue weighted by Crippen LogP contribution is -2.29. The third kappa shape index (κ3) is 2.04. The monoisotopic (exact) mass is 264 g/mol. The van der Waals surface area contributed by atoms with Crippen molar-refractivity contribution in [2.75, 3.05) is 13.1 Å². The second kappa shape index (κ2) is 4.55. The Balaban J connectivity index is 1.79. The summed E-state index contributed by atoms with van der Waals surface area (Å²) in [4.78, 5) is 18.0. The first kappa shape index (κ1) is 11.4. The summed E-state index contributed by atoms with van der Waals surface area (Å²) in [5.74, 6) is 0.543. The van der Waals surface area contributed by atoms with Gasteiger partial charge >= 0.3 is 0 Å². The smallest absolute Gasteiger partial charge is 0.273 e. The second-order valence-electron chi connectivity index (χ2n) is 4.21. The molecule has 0 saturated carbocycles. The number of hydrogen-bond donors (Lipinski definition) is 1. The normalized spacial score (nSPS) is 19.4. The van der Waals surface area contributed by atoms with Gasteiger partial charge in [-0.25, -0.2) is 4.98 Å². The molecule has 0 aromatic carbocycles. The summed E-state index contributed by atoms with van der Waals surface area (Å²) in [6.07, 6.45) is 1.81. The minimum absolute atomic E-state index is 0.124. The second-order valence-corrected chi connectivity index (χ2v) is 5.07. The van der Waals surface area contributed by atoms with Crippen LogP contribution in [0.3, 0.4) is 0 Å². The predicted molar refractivity (Wildman–Crippen MR) is 66.3 cm³/mol. The molecule has 2 aromatic heterocycles. The molecule has 0 radical (unpaired) electrons. The number of β-amino-alcohol motifs (C(OH)–C–C–N with tert-alkyl or cyclic N) is 1. The minimum Gasteiger partial charge on any atom is -0.462 e. The first-order chi connectivity index (χ1) is 8.74. The maximum Gasteiger partial charge on any atom is 0.273 e. The van der Waals surface area contributed by atoms with Crippen LogP contribution < -0.4 is 0 Å². The average Bonchev–Trinajstić information content (AvgIpc) is 3.09. The first-order valence-corrected chi connectivity index (χ1v) is 6.59. The fourth-order valence-corrected chi connectivity index (χ4v) is 2.73. The molecule has 1 aliphatic heterocycles. The molecule has 5 nitrogen and oxygen atoms in total. The number of carbonyl (C=O) groups excluding carboxylic acids is 1. The number of likely N-dealkylation sites (tertiary alicyclic amines) is 1. The summed E-state index contributed by atoms with van der Waals surface area (Å²) >= 11 is 1.38. The van der Waals surface area contributed by atoms with Gasteiger partial charge in [0.05, 0.1) is 12.4 Å². The Labute approximate surface area is 108 Å². The van der Waals surface area contributed by atoms with Gasteiger partial charge in [-0.1, -0.05) is 0 Å². The van der Waals surface area contributed by atoms with E-state index < -0.39 is 6.10 Å². The van der Waals surface area contributed by atoms with Crippen LogP contribution in [0.2, 0.25) is 0 Å². The SMILES string of the molecule is O=C(c1csc(-c2ccco2)n1)N1CCC(O)C1. The molecule has 18 heavy (non-hydrogen) atoms. The highest BCUT2D eigenvalue weighted by Gasteiger charge is 2.27. The molecule has 3 rings (SSSR count). The summed E-state index contributed by atoms with van der Waals surface area (Å²) in [6.45, 7) is 0.986. The van der Waals surface area contributed by atoms with E-state index in [0.717, 1.165) is 0 Å². The highest BCUT2D eigenvalue weighted by Crippen LogP contribution is 2.25. The van der Waals surface area contributed by atoms with Crippen LogP contribution >= 0.6 is 11.3 Å². The molecule has 1 atom stereocenters. The molecule has 1 fully saturated rings. The van der Waals surface area contributed by atoms with E-state index in [0.29, 0.717) is 36.0 Å². The number of aliphatic hydroxyl groups is 1. The largest absolute Gasteiger partial charge is 0.462 e. The third-order valence-electron chi connectivity index (χ3n) is 2.91. The van der Waals surface area contributed by atoms with Gasteiger partial charge in [-0.05, 0) is 18.6 Å². The Hall–Kier alpha value is -1.66. The molecule has 94 valence electrons. The van der Waals surface area contributed by atoms with Gasteiger partial charge in [0.2, 0.25) is 0 Å². The van der Waals surface area contributed by atoms with Gasteiger partial charge in [-0.15, -0.1) is 11.3 Å². The summed E-state index contributed by atoms with van der Waals surface area (Å²) < 4.78 is 5.24. The number of aliphatic hydroxyl groups excluding tert-OH is 1. The Bertz CT molecular complexity index is 549. The van der Waals surface area contributed by atoms with E-state index in [-0.39, 0.29) is 5.91 Å². The quantitative estimate of drug-likeness (QED) is 0.895. The van der Waals surface area contributed by atoms with Crippen molar-refractivity contribution in [1.29, 1.82) is 0 Å². The number of furan rings is 1. The van der Waals surface area contributed by atoms with Crippen molar-refractivity contribution in [2.24, 2.45) is 0 Å². The van der Waals surface area contributed by atoms with Gasteiger partial charge in [0.15, 0.2) is 10.8 Å². The van der Waals surface area contributed by atoms with E-state index in [2.05, 4.69) is 4.98 Å². The molecule has 1 unspecified atom stereocenters. The molecule has 0 aliphatic carbocycles. The fourth-order valence-electron chi connectivity index (χ4n) is 1.97. The van der Waals surface area contributed by atoms with E-state index >= 15 is 0 Å². The summed E-state index contributed by atoms with van der Waals surface area (Å²) in [6, 6.07) is 3.60. The van der Waals surface area contributed by atoms with Crippen molar-refractivity contribution in [3.63, 3.8) is 0 Å². The maximum absolute atomic E-state index is 12.1. The number of rotatable bonds is 2. The molecule has 1 amide bonds. The van der Waals surface area contributed by atoms with Gasteiger partial charge in [0.25, 0.3) is 5.91 Å². The van der Waals surface area contributed by atoms with Crippen LogP contribution in [-0.4, -0.2) is 40.1 Å². The molecule has 1 saturated heterocycles. The highest BCUT2D eigenvalue weighted by molar-refractivity contribution is 7.13. The van der Waals surface area contributed by atoms with E-state index in [1.807, 2.05) is 6.07 Å². The Morgan fingerprint density at radius 1 is 1.61 bits per heavy atom. The molecule has 1 aliphatic rings. The van der Waals surface area contributed by atoms with Crippen LogP contribution in [0, 0.1) is 0 Å². The zero-order chi connectivity index (χ0) is 12.5. The average molecular weight is 264 g/mol. The number of hydrogen-bond acceptors (Lipinski definition) is 5. The van der Waals surface area contributed by atoms with Crippen molar-refractivity contribution in [2.45, 2.75) is 12.5 Å². The molecule has 0 bridgehead atoms.